The average molecular weight is 324 g/mol. The monoisotopic (exact) mass is 324 g/mol. The lowest BCUT2D eigenvalue weighted by Crippen LogP contribution is -2.14. The van der Waals surface area contributed by atoms with Gasteiger partial charge in [0.1, 0.15) is 11.1 Å². The SMILES string of the molecule is N#Cc1c(NC(=O)Cc2ccccc2)sc2c1CCCCCC2. The number of aryl methyl sites for hydroxylation is 1. The number of carbonyl (C=O) groups is 1. The van der Waals surface area contributed by atoms with Crippen molar-refractivity contribution in [2.24, 2.45) is 0 Å². The predicted octanol–water partition coefficient (Wildman–Crippen LogP) is 4.46. The molecule has 1 aromatic carbocycles. The van der Waals surface area contributed by atoms with Crippen LogP contribution in [0.1, 0.15) is 47.3 Å². The zero-order chi connectivity index (χ0) is 16.1. The number of thiophene rings is 1. The second kappa shape index (κ2) is 7.43. The topological polar surface area (TPSA) is 52.9 Å². The molecule has 0 fully saturated rings. The van der Waals surface area contributed by atoms with Crippen LogP contribution < -0.4 is 5.32 Å². The number of amides is 1. The molecule has 4 heteroatoms. The van der Waals surface area contributed by atoms with Crippen LogP contribution in [-0.2, 0) is 24.1 Å². The van der Waals surface area contributed by atoms with Crippen LogP contribution >= 0.6 is 11.3 Å². The minimum absolute atomic E-state index is 0.0538. The molecule has 0 saturated carbocycles. The molecule has 0 unspecified atom stereocenters. The first-order valence-electron chi connectivity index (χ1n) is 8.16. The van der Waals surface area contributed by atoms with Gasteiger partial charge in [0.2, 0.25) is 5.91 Å². The molecule has 0 radical (unpaired) electrons. The van der Waals surface area contributed by atoms with E-state index in [9.17, 15) is 10.1 Å². The zero-order valence-corrected chi connectivity index (χ0v) is 13.9. The van der Waals surface area contributed by atoms with Crippen LogP contribution in [0.5, 0.6) is 0 Å². The molecular weight excluding hydrogens is 304 g/mol. The van der Waals surface area contributed by atoms with Crippen LogP contribution in [0.4, 0.5) is 5.00 Å². The van der Waals surface area contributed by atoms with E-state index in [2.05, 4.69) is 11.4 Å². The normalized spacial score (nSPS) is 14.2. The minimum Gasteiger partial charge on any atom is -0.316 e. The molecule has 23 heavy (non-hydrogen) atoms. The van der Waals surface area contributed by atoms with E-state index < -0.39 is 0 Å². The minimum atomic E-state index is -0.0538. The van der Waals surface area contributed by atoms with Crippen molar-refractivity contribution < 1.29 is 4.79 Å². The number of nitrogens with one attached hydrogen (secondary N) is 1. The van der Waals surface area contributed by atoms with Crippen molar-refractivity contribution in [3.8, 4) is 6.07 Å². The molecule has 3 nitrogen and oxygen atoms in total. The molecule has 1 N–H and O–H groups in total. The molecule has 0 bridgehead atoms. The van der Waals surface area contributed by atoms with Gasteiger partial charge in [-0.05, 0) is 36.8 Å². The van der Waals surface area contributed by atoms with Gasteiger partial charge in [-0.15, -0.1) is 11.3 Å². The third kappa shape index (κ3) is 3.80. The summed E-state index contributed by atoms with van der Waals surface area (Å²) >= 11 is 1.59. The standard InChI is InChI=1S/C19H20N2OS/c20-13-16-15-10-6-1-2-7-11-17(15)23-19(16)21-18(22)12-14-8-4-3-5-9-14/h3-5,8-9H,1-2,6-7,10-12H2,(H,21,22). The predicted molar refractivity (Wildman–Crippen MR) is 93.7 cm³/mol. The third-order valence-electron chi connectivity index (χ3n) is 4.24. The van der Waals surface area contributed by atoms with Crippen molar-refractivity contribution in [3.63, 3.8) is 0 Å². The summed E-state index contributed by atoms with van der Waals surface area (Å²) in [6, 6.07) is 12.0. The molecule has 0 saturated heterocycles. The van der Waals surface area contributed by atoms with Crippen LogP contribution in [0.3, 0.4) is 0 Å². The number of hydrogen-bond acceptors (Lipinski definition) is 3. The Labute approximate surface area is 141 Å². The van der Waals surface area contributed by atoms with Gasteiger partial charge >= 0.3 is 0 Å². The first kappa shape index (κ1) is 15.8. The fourth-order valence-corrected chi connectivity index (χ4v) is 4.33. The third-order valence-corrected chi connectivity index (χ3v) is 5.45. The Bertz CT molecular complexity index is 728. The van der Waals surface area contributed by atoms with Gasteiger partial charge in [-0.25, -0.2) is 0 Å². The highest BCUT2D eigenvalue weighted by Gasteiger charge is 2.20. The van der Waals surface area contributed by atoms with Crippen LogP contribution in [0.15, 0.2) is 30.3 Å². The Hall–Kier alpha value is -2.12. The fourth-order valence-electron chi connectivity index (χ4n) is 3.08. The van der Waals surface area contributed by atoms with E-state index in [1.165, 1.54) is 29.7 Å². The van der Waals surface area contributed by atoms with E-state index in [4.69, 9.17) is 0 Å². The summed E-state index contributed by atoms with van der Waals surface area (Å²) in [6.45, 7) is 0. The highest BCUT2D eigenvalue weighted by molar-refractivity contribution is 7.16. The number of anilines is 1. The van der Waals surface area contributed by atoms with Gasteiger partial charge in [-0.3, -0.25) is 4.79 Å². The molecule has 118 valence electrons. The second-order valence-electron chi connectivity index (χ2n) is 5.94. The quantitative estimate of drug-likeness (QED) is 0.906. The fraction of sp³-hybridized carbons (Fsp3) is 0.368. The first-order chi connectivity index (χ1) is 11.3. The summed E-state index contributed by atoms with van der Waals surface area (Å²) < 4.78 is 0. The highest BCUT2D eigenvalue weighted by Crippen LogP contribution is 2.36. The van der Waals surface area contributed by atoms with Crippen LogP contribution in [-0.4, -0.2) is 5.91 Å². The number of hydrogen-bond donors (Lipinski definition) is 1. The van der Waals surface area contributed by atoms with Gasteiger partial charge in [-0.1, -0.05) is 43.2 Å². The Balaban J connectivity index is 1.78. The molecule has 0 spiro atoms. The Morgan fingerprint density at radius 2 is 1.87 bits per heavy atom. The average Bonchev–Trinajstić information content (AvgIpc) is 2.84. The van der Waals surface area contributed by atoms with E-state index in [-0.39, 0.29) is 5.91 Å². The second-order valence-corrected chi connectivity index (χ2v) is 7.05. The van der Waals surface area contributed by atoms with Gasteiger partial charge < -0.3 is 5.32 Å². The van der Waals surface area contributed by atoms with Crippen molar-refractivity contribution in [2.75, 3.05) is 5.32 Å². The van der Waals surface area contributed by atoms with Crippen molar-refractivity contribution in [1.29, 1.82) is 5.26 Å². The maximum atomic E-state index is 12.3. The molecule has 2 aromatic rings. The molecule has 0 atom stereocenters. The van der Waals surface area contributed by atoms with Crippen LogP contribution in [0.25, 0.3) is 0 Å². The smallest absolute Gasteiger partial charge is 0.229 e. The van der Waals surface area contributed by atoms with Gasteiger partial charge in [0.05, 0.1) is 12.0 Å². The largest absolute Gasteiger partial charge is 0.316 e. The molecule has 0 aliphatic heterocycles. The summed E-state index contributed by atoms with van der Waals surface area (Å²) in [4.78, 5) is 13.6. The molecule has 1 aliphatic rings. The summed E-state index contributed by atoms with van der Waals surface area (Å²) in [5.74, 6) is -0.0538. The highest BCUT2D eigenvalue weighted by atomic mass is 32.1. The Morgan fingerprint density at radius 3 is 2.61 bits per heavy atom. The van der Waals surface area contributed by atoms with E-state index in [0.717, 1.165) is 29.8 Å². The molecule has 1 aliphatic carbocycles. The summed E-state index contributed by atoms with van der Waals surface area (Å²) in [5.41, 5.74) is 2.85. The summed E-state index contributed by atoms with van der Waals surface area (Å²) in [7, 11) is 0. The summed E-state index contributed by atoms with van der Waals surface area (Å²) in [6.07, 6.45) is 7.14. The molecule has 1 heterocycles. The molecular formula is C19H20N2OS. The maximum absolute atomic E-state index is 12.3. The number of benzene rings is 1. The van der Waals surface area contributed by atoms with E-state index in [1.54, 1.807) is 11.3 Å². The van der Waals surface area contributed by atoms with Gasteiger partial charge in [0.15, 0.2) is 0 Å². The number of nitriles is 1. The van der Waals surface area contributed by atoms with Crippen molar-refractivity contribution in [2.45, 2.75) is 44.9 Å². The van der Waals surface area contributed by atoms with Crippen LogP contribution in [0.2, 0.25) is 0 Å². The van der Waals surface area contributed by atoms with Crippen molar-refractivity contribution in [3.05, 3.63) is 51.9 Å². The molecule has 1 aromatic heterocycles. The Kier molecular flexibility index (Phi) is 5.09. The first-order valence-corrected chi connectivity index (χ1v) is 8.98. The number of fused-ring (bicyclic) bond motifs is 1. The van der Waals surface area contributed by atoms with E-state index >= 15 is 0 Å². The summed E-state index contributed by atoms with van der Waals surface area (Å²) in [5, 5.41) is 13.2. The van der Waals surface area contributed by atoms with Crippen LogP contribution in [0, 0.1) is 11.3 Å². The van der Waals surface area contributed by atoms with Gasteiger partial charge in [0.25, 0.3) is 0 Å². The van der Waals surface area contributed by atoms with Gasteiger partial charge in [0, 0.05) is 4.88 Å². The lowest BCUT2D eigenvalue weighted by molar-refractivity contribution is -0.115. The van der Waals surface area contributed by atoms with Gasteiger partial charge in [-0.2, -0.15) is 5.26 Å². The Morgan fingerprint density at radius 1 is 1.13 bits per heavy atom. The van der Waals surface area contributed by atoms with E-state index in [0.29, 0.717) is 12.0 Å². The molecule has 3 rings (SSSR count). The van der Waals surface area contributed by atoms with Crippen molar-refractivity contribution in [1.82, 2.24) is 0 Å². The number of nitrogens with zero attached hydrogens (tertiary/aromatic N) is 1. The lowest BCUT2D eigenvalue weighted by Gasteiger charge is -2.08. The molecule has 1 amide bonds. The zero-order valence-electron chi connectivity index (χ0n) is 13.1. The number of carbonyl (C=O) groups excluding carboxylic acids is 1. The van der Waals surface area contributed by atoms with Crippen molar-refractivity contribution >= 4 is 22.2 Å². The van der Waals surface area contributed by atoms with E-state index in [1.807, 2.05) is 30.3 Å². The lowest BCUT2D eigenvalue weighted by atomic mass is 9.97. The maximum Gasteiger partial charge on any atom is 0.229 e. The number of rotatable bonds is 3.